The topological polar surface area (TPSA) is 71.1 Å². The fraction of sp³-hybridized carbons (Fsp3) is 0.538. The van der Waals surface area contributed by atoms with Crippen LogP contribution in [0.4, 0.5) is 4.79 Å². The average molecular weight is 484 g/mol. The van der Waals surface area contributed by atoms with Crippen LogP contribution in [0.1, 0.15) is 43.6 Å². The van der Waals surface area contributed by atoms with E-state index in [0.29, 0.717) is 25.3 Å². The van der Waals surface area contributed by atoms with Crippen LogP contribution in [0.2, 0.25) is 0 Å². The molecule has 0 saturated carbocycles. The smallest absolute Gasteiger partial charge is 0.325 e. The molecular formula is C26H33N3O4S. The van der Waals surface area contributed by atoms with E-state index in [1.807, 2.05) is 17.5 Å². The quantitative estimate of drug-likeness (QED) is 0.568. The number of fused-ring (bicyclic) bond motifs is 1. The Labute approximate surface area is 205 Å². The fourth-order valence-corrected chi connectivity index (χ4v) is 6.33. The predicted molar refractivity (Wildman–Crippen MR) is 131 cm³/mol. The molecule has 0 aliphatic carbocycles. The molecule has 1 aromatic carbocycles. The highest BCUT2D eigenvalue weighted by atomic mass is 32.1. The Hall–Kier alpha value is -2.58. The lowest BCUT2D eigenvalue weighted by Gasteiger charge is -2.41. The minimum Gasteiger partial charge on any atom is -0.454 e. The number of hydrogen-bond donors (Lipinski definition) is 1. The number of nitrogens with one attached hydrogen (secondary N) is 1. The van der Waals surface area contributed by atoms with Gasteiger partial charge in [0.15, 0.2) is 11.5 Å². The molecule has 8 heteroatoms. The molecule has 0 unspecified atom stereocenters. The van der Waals surface area contributed by atoms with Gasteiger partial charge >= 0.3 is 6.03 Å². The molecule has 7 nitrogen and oxygen atoms in total. The van der Waals surface area contributed by atoms with Gasteiger partial charge in [0.25, 0.3) is 5.91 Å². The largest absolute Gasteiger partial charge is 0.454 e. The molecule has 3 amide bonds. The Morgan fingerprint density at radius 3 is 2.68 bits per heavy atom. The third kappa shape index (κ3) is 4.53. The highest BCUT2D eigenvalue weighted by molar-refractivity contribution is 7.09. The number of thiophene rings is 1. The van der Waals surface area contributed by atoms with E-state index in [-0.39, 0.29) is 24.6 Å². The van der Waals surface area contributed by atoms with E-state index in [9.17, 15) is 9.59 Å². The first kappa shape index (κ1) is 23.2. The molecule has 0 spiro atoms. The van der Waals surface area contributed by atoms with Crippen molar-refractivity contribution in [2.45, 2.75) is 51.6 Å². The summed E-state index contributed by atoms with van der Waals surface area (Å²) in [6, 6.07) is 9.95. The Kier molecular flexibility index (Phi) is 6.53. The second-order valence-corrected chi connectivity index (χ2v) is 11.1. The van der Waals surface area contributed by atoms with E-state index >= 15 is 0 Å². The minimum absolute atomic E-state index is 0.0306. The lowest BCUT2D eigenvalue weighted by atomic mass is 9.73. The molecule has 0 bridgehead atoms. The summed E-state index contributed by atoms with van der Waals surface area (Å²) in [4.78, 5) is 31.7. The normalized spacial score (nSPS) is 23.2. The molecule has 1 atom stereocenters. The van der Waals surface area contributed by atoms with Gasteiger partial charge in [-0.25, -0.2) is 4.79 Å². The fourth-order valence-electron chi connectivity index (χ4n) is 5.63. The summed E-state index contributed by atoms with van der Waals surface area (Å²) in [6.45, 7) is 7.62. The number of ether oxygens (including phenoxy) is 2. The second-order valence-electron chi connectivity index (χ2n) is 10.0. The van der Waals surface area contributed by atoms with Crippen LogP contribution < -0.4 is 14.8 Å². The molecule has 34 heavy (non-hydrogen) atoms. The van der Waals surface area contributed by atoms with Gasteiger partial charge in [0.2, 0.25) is 6.79 Å². The molecule has 4 heterocycles. The molecule has 5 rings (SSSR count). The average Bonchev–Trinajstić information content (AvgIpc) is 3.54. The standard InChI is InChI=1S/C26H33N3O4S/c1-18(2)15-26(24(30)29(25(31)27-26)12-9-21-4-3-13-34-21)20-7-10-28(11-8-20)16-19-5-6-22-23(14-19)33-17-32-22/h3-6,13-14,18,20H,7-12,15-17H2,1-2H3,(H,27,31)/t26-/m1/s1. The summed E-state index contributed by atoms with van der Waals surface area (Å²) < 4.78 is 10.9. The van der Waals surface area contributed by atoms with Gasteiger partial charge in [-0.15, -0.1) is 11.3 Å². The van der Waals surface area contributed by atoms with Crippen molar-refractivity contribution in [3.05, 3.63) is 46.2 Å². The number of benzene rings is 1. The number of likely N-dealkylation sites (tertiary alicyclic amines) is 1. The van der Waals surface area contributed by atoms with Crippen LogP contribution in [-0.4, -0.2) is 53.7 Å². The van der Waals surface area contributed by atoms with Crippen LogP contribution in [0.15, 0.2) is 35.7 Å². The van der Waals surface area contributed by atoms with Crippen molar-refractivity contribution in [1.82, 2.24) is 15.1 Å². The van der Waals surface area contributed by atoms with Gasteiger partial charge in [0.1, 0.15) is 5.54 Å². The summed E-state index contributed by atoms with van der Waals surface area (Å²) in [7, 11) is 0. The summed E-state index contributed by atoms with van der Waals surface area (Å²) in [5.41, 5.74) is 0.413. The first-order chi connectivity index (χ1) is 16.4. The van der Waals surface area contributed by atoms with Gasteiger partial charge in [-0.2, -0.15) is 0 Å². The number of carbonyl (C=O) groups is 2. The SMILES string of the molecule is CC(C)C[C@]1(C2CCN(Cc3ccc4c(c3)OCO4)CC2)NC(=O)N(CCc2cccs2)C1=O. The van der Waals surface area contributed by atoms with E-state index in [4.69, 9.17) is 9.47 Å². The first-order valence-electron chi connectivity index (χ1n) is 12.2. The molecule has 2 saturated heterocycles. The van der Waals surface area contributed by atoms with Crippen LogP contribution >= 0.6 is 11.3 Å². The van der Waals surface area contributed by atoms with E-state index in [1.54, 1.807) is 11.3 Å². The van der Waals surface area contributed by atoms with Crippen molar-refractivity contribution in [2.24, 2.45) is 11.8 Å². The number of rotatable bonds is 8. The lowest BCUT2D eigenvalue weighted by Crippen LogP contribution is -2.56. The zero-order chi connectivity index (χ0) is 23.7. The molecule has 182 valence electrons. The lowest BCUT2D eigenvalue weighted by molar-refractivity contribution is -0.134. The Morgan fingerprint density at radius 2 is 1.94 bits per heavy atom. The maximum atomic E-state index is 13.7. The first-order valence-corrected chi connectivity index (χ1v) is 13.1. The maximum Gasteiger partial charge on any atom is 0.325 e. The van der Waals surface area contributed by atoms with Gasteiger partial charge in [0, 0.05) is 18.0 Å². The third-order valence-corrected chi connectivity index (χ3v) is 8.16. The summed E-state index contributed by atoms with van der Waals surface area (Å²) in [5.74, 6) is 2.04. The van der Waals surface area contributed by atoms with Crippen molar-refractivity contribution in [2.75, 3.05) is 26.4 Å². The molecule has 3 aliphatic heterocycles. The van der Waals surface area contributed by atoms with Crippen LogP contribution in [0, 0.1) is 11.8 Å². The van der Waals surface area contributed by atoms with E-state index in [0.717, 1.165) is 44.0 Å². The van der Waals surface area contributed by atoms with E-state index < -0.39 is 5.54 Å². The summed E-state index contributed by atoms with van der Waals surface area (Å²) in [6.07, 6.45) is 3.17. The molecule has 0 radical (unpaired) electrons. The monoisotopic (exact) mass is 483 g/mol. The predicted octanol–water partition coefficient (Wildman–Crippen LogP) is 4.27. The molecule has 2 fully saturated rings. The number of hydrogen-bond acceptors (Lipinski definition) is 6. The van der Waals surface area contributed by atoms with Crippen molar-refractivity contribution < 1.29 is 19.1 Å². The second kappa shape index (κ2) is 9.58. The van der Waals surface area contributed by atoms with Crippen LogP contribution in [-0.2, 0) is 17.8 Å². The highest BCUT2D eigenvalue weighted by Gasteiger charge is 2.55. The van der Waals surface area contributed by atoms with Crippen LogP contribution in [0.5, 0.6) is 11.5 Å². The minimum atomic E-state index is -0.786. The van der Waals surface area contributed by atoms with E-state index in [2.05, 4.69) is 42.3 Å². The number of urea groups is 1. The molecule has 3 aliphatic rings. The molecule has 1 N–H and O–H groups in total. The zero-order valence-electron chi connectivity index (χ0n) is 19.9. The third-order valence-electron chi connectivity index (χ3n) is 7.22. The van der Waals surface area contributed by atoms with Crippen LogP contribution in [0.3, 0.4) is 0 Å². The maximum absolute atomic E-state index is 13.7. The number of piperidine rings is 1. The van der Waals surface area contributed by atoms with Gasteiger partial charge in [0.05, 0.1) is 0 Å². The molecular weight excluding hydrogens is 450 g/mol. The summed E-state index contributed by atoms with van der Waals surface area (Å²) in [5, 5.41) is 5.21. The Morgan fingerprint density at radius 1 is 1.15 bits per heavy atom. The van der Waals surface area contributed by atoms with Crippen LogP contribution in [0.25, 0.3) is 0 Å². The van der Waals surface area contributed by atoms with Gasteiger partial charge in [-0.1, -0.05) is 26.0 Å². The van der Waals surface area contributed by atoms with Crippen molar-refractivity contribution in [3.63, 3.8) is 0 Å². The number of nitrogens with zero attached hydrogens (tertiary/aromatic N) is 2. The van der Waals surface area contributed by atoms with Crippen molar-refractivity contribution in [1.29, 1.82) is 0 Å². The number of amides is 3. The van der Waals surface area contributed by atoms with Crippen molar-refractivity contribution in [3.8, 4) is 11.5 Å². The molecule has 1 aromatic heterocycles. The van der Waals surface area contributed by atoms with Gasteiger partial charge < -0.3 is 14.8 Å². The number of imide groups is 1. The Balaban J connectivity index is 1.25. The molecule has 2 aromatic rings. The van der Waals surface area contributed by atoms with E-state index in [1.165, 1.54) is 15.3 Å². The highest BCUT2D eigenvalue weighted by Crippen LogP contribution is 2.39. The van der Waals surface area contributed by atoms with Gasteiger partial charge in [-0.05, 0) is 79.8 Å². The van der Waals surface area contributed by atoms with Gasteiger partial charge in [-0.3, -0.25) is 14.6 Å². The Bertz CT molecular complexity index is 1030. The van der Waals surface area contributed by atoms with Crippen molar-refractivity contribution >= 4 is 23.3 Å². The summed E-state index contributed by atoms with van der Waals surface area (Å²) >= 11 is 1.66. The zero-order valence-corrected chi connectivity index (χ0v) is 20.7. The number of carbonyl (C=O) groups excluding carboxylic acids is 2.